The number of nitrogens with zero attached hydrogens (tertiary/aromatic N) is 2. The van der Waals surface area contributed by atoms with E-state index in [1.54, 1.807) is 0 Å². The number of para-hydroxylation sites is 1. The van der Waals surface area contributed by atoms with Gasteiger partial charge in [0.25, 0.3) is 0 Å². The van der Waals surface area contributed by atoms with Crippen LogP contribution in [0.2, 0.25) is 0 Å². The summed E-state index contributed by atoms with van der Waals surface area (Å²) in [5.74, 6) is 1.46. The van der Waals surface area contributed by atoms with Crippen LogP contribution >= 0.6 is 0 Å². The summed E-state index contributed by atoms with van der Waals surface area (Å²) in [6.07, 6.45) is 2.46. The van der Waals surface area contributed by atoms with E-state index in [-0.39, 0.29) is 0 Å². The molecule has 2 aromatic rings. The van der Waals surface area contributed by atoms with E-state index in [9.17, 15) is 0 Å². The number of aromatic nitrogens is 2. The van der Waals surface area contributed by atoms with E-state index in [1.165, 1.54) is 11.9 Å². The van der Waals surface area contributed by atoms with E-state index < -0.39 is 0 Å². The molecule has 3 nitrogen and oxygen atoms in total. The third-order valence-corrected chi connectivity index (χ3v) is 2.35. The Hall–Kier alpha value is -1.90. The Bertz CT molecular complexity index is 483. The standard InChI is InChI=1S/C13H14N2O/c1-3-11-6-4-5-7-12(11)16-13-8-10(2)14-9-15-13/h4-9H,3H2,1-2H3. The molecule has 1 aromatic heterocycles. The van der Waals surface area contributed by atoms with Gasteiger partial charge in [0.2, 0.25) is 5.88 Å². The van der Waals surface area contributed by atoms with Crippen LogP contribution < -0.4 is 4.74 Å². The monoisotopic (exact) mass is 214 g/mol. The minimum absolute atomic E-state index is 0.591. The summed E-state index contributed by atoms with van der Waals surface area (Å²) in [5.41, 5.74) is 2.08. The molecule has 0 spiro atoms. The van der Waals surface area contributed by atoms with E-state index in [1.807, 2.05) is 31.2 Å². The number of rotatable bonds is 3. The van der Waals surface area contributed by atoms with E-state index >= 15 is 0 Å². The Labute approximate surface area is 95.1 Å². The predicted molar refractivity (Wildman–Crippen MR) is 62.7 cm³/mol. The first-order valence-corrected chi connectivity index (χ1v) is 5.34. The van der Waals surface area contributed by atoms with Crippen LogP contribution in [0.25, 0.3) is 0 Å². The molecule has 0 aliphatic carbocycles. The molecule has 0 amide bonds. The molecule has 0 saturated carbocycles. The summed E-state index contributed by atoms with van der Waals surface area (Å²) in [7, 11) is 0. The summed E-state index contributed by atoms with van der Waals surface area (Å²) in [5, 5.41) is 0. The van der Waals surface area contributed by atoms with Crippen LogP contribution in [0.5, 0.6) is 11.6 Å². The van der Waals surface area contributed by atoms with Crippen LogP contribution in [-0.4, -0.2) is 9.97 Å². The molecule has 1 aromatic carbocycles. The Balaban J connectivity index is 2.26. The molecule has 0 fully saturated rings. The van der Waals surface area contributed by atoms with Crippen molar-refractivity contribution in [1.29, 1.82) is 0 Å². The van der Waals surface area contributed by atoms with Gasteiger partial charge in [-0.05, 0) is 25.0 Å². The quantitative estimate of drug-likeness (QED) is 0.787. The third-order valence-electron chi connectivity index (χ3n) is 2.35. The Kier molecular flexibility index (Phi) is 3.15. The number of hydrogen-bond donors (Lipinski definition) is 0. The summed E-state index contributed by atoms with van der Waals surface area (Å²) in [6.45, 7) is 4.02. The summed E-state index contributed by atoms with van der Waals surface area (Å²) < 4.78 is 5.73. The van der Waals surface area contributed by atoms with Gasteiger partial charge in [-0.15, -0.1) is 0 Å². The van der Waals surface area contributed by atoms with Crippen molar-refractivity contribution in [3.63, 3.8) is 0 Å². The maximum atomic E-state index is 5.73. The lowest BCUT2D eigenvalue weighted by molar-refractivity contribution is 0.455. The van der Waals surface area contributed by atoms with Crippen LogP contribution in [-0.2, 0) is 6.42 Å². The van der Waals surface area contributed by atoms with Gasteiger partial charge in [-0.2, -0.15) is 0 Å². The van der Waals surface area contributed by atoms with E-state index in [0.717, 1.165) is 17.9 Å². The maximum absolute atomic E-state index is 5.73. The molecule has 0 atom stereocenters. The lowest BCUT2D eigenvalue weighted by atomic mass is 10.1. The average molecular weight is 214 g/mol. The van der Waals surface area contributed by atoms with Gasteiger partial charge < -0.3 is 4.74 Å². The lowest BCUT2D eigenvalue weighted by Crippen LogP contribution is -1.93. The number of ether oxygens (including phenoxy) is 1. The van der Waals surface area contributed by atoms with E-state index in [2.05, 4.69) is 23.0 Å². The second kappa shape index (κ2) is 4.75. The van der Waals surface area contributed by atoms with Crippen molar-refractivity contribution in [3.8, 4) is 11.6 Å². The molecule has 3 heteroatoms. The molecule has 0 aliphatic rings. The van der Waals surface area contributed by atoms with Crippen LogP contribution in [0.15, 0.2) is 36.7 Å². The van der Waals surface area contributed by atoms with Gasteiger partial charge in [0, 0.05) is 11.8 Å². The summed E-state index contributed by atoms with van der Waals surface area (Å²) in [6, 6.07) is 9.81. The molecule has 2 rings (SSSR count). The number of hydrogen-bond acceptors (Lipinski definition) is 3. The highest BCUT2D eigenvalue weighted by Gasteiger charge is 2.03. The van der Waals surface area contributed by atoms with Crippen LogP contribution in [0.1, 0.15) is 18.2 Å². The molecule has 0 aliphatic heterocycles. The molecule has 0 unspecified atom stereocenters. The van der Waals surface area contributed by atoms with Gasteiger partial charge >= 0.3 is 0 Å². The third kappa shape index (κ3) is 2.37. The highest BCUT2D eigenvalue weighted by atomic mass is 16.5. The second-order valence-corrected chi connectivity index (χ2v) is 3.56. The van der Waals surface area contributed by atoms with Gasteiger partial charge in [-0.3, -0.25) is 0 Å². The first-order valence-electron chi connectivity index (χ1n) is 5.34. The van der Waals surface area contributed by atoms with Gasteiger partial charge in [0.1, 0.15) is 12.1 Å². The molecule has 0 radical (unpaired) electrons. The maximum Gasteiger partial charge on any atom is 0.222 e. The van der Waals surface area contributed by atoms with Gasteiger partial charge in [0.05, 0.1) is 0 Å². The van der Waals surface area contributed by atoms with Crippen LogP contribution in [0.3, 0.4) is 0 Å². The zero-order valence-corrected chi connectivity index (χ0v) is 9.47. The predicted octanol–water partition coefficient (Wildman–Crippen LogP) is 3.14. The Morgan fingerprint density at radius 3 is 2.75 bits per heavy atom. The molecular formula is C13H14N2O. The minimum Gasteiger partial charge on any atom is -0.439 e. The fraction of sp³-hybridized carbons (Fsp3) is 0.231. The second-order valence-electron chi connectivity index (χ2n) is 3.56. The number of aryl methyl sites for hydroxylation is 2. The van der Waals surface area contributed by atoms with Crippen molar-refractivity contribution in [2.45, 2.75) is 20.3 Å². The molecular weight excluding hydrogens is 200 g/mol. The van der Waals surface area contributed by atoms with Crippen molar-refractivity contribution >= 4 is 0 Å². The number of benzene rings is 1. The van der Waals surface area contributed by atoms with Crippen LogP contribution in [0.4, 0.5) is 0 Å². The molecule has 16 heavy (non-hydrogen) atoms. The Morgan fingerprint density at radius 2 is 2.00 bits per heavy atom. The van der Waals surface area contributed by atoms with Gasteiger partial charge in [-0.1, -0.05) is 25.1 Å². The van der Waals surface area contributed by atoms with E-state index in [0.29, 0.717) is 5.88 Å². The van der Waals surface area contributed by atoms with Crippen molar-refractivity contribution in [2.24, 2.45) is 0 Å². The van der Waals surface area contributed by atoms with Gasteiger partial charge in [-0.25, -0.2) is 9.97 Å². The molecule has 1 heterocycles. The summed E-state index contributed by atoms with van der Waals surface area (Å²) >= 11 is 0. The Morgan fingerprint density at radius 1 is 1.19 bits per heavy atom. The normalized spacial score (nSPS) is 10.1. The minimum atomic E-state index is 0.591. The van der Waals surface area contributed by atoms with Gasteiger partial charge in [0.15, 0.2) is 0 Å². The first kappa shape index (κ1) is 10.6. The van der Waals surface area contributed by atoms with Crippen molar-refractivity contribution < 1.29 is 4.74 Å². The van der Waals surface area contributed by atoms with E-state index in [4.69, 9.17) is 4.74 Å². The molecule has 0 N–H and O–H groups in total. The summed E-state index contributed by atoms with van der Waals surface area (Å²) in [4.78, 5) is 8.11. The fourth-order valence-corrected chi connectivity index (χ4v) is 1.49. The molecule has 0 bridgehead atoms. The zero-order chi connectivity index (χ0) is 11.4. The molecule has 82 valence electrons. The molecule has 0 saturated heterocycles. The largest absolute Gasteiger partial charge is 0.439 e. The fourth-order valence-electron chi connectivity index (χ4n) is 1.49. The highest BCUT2D eigenvalue weighted by molar-refractivity contribution is 5.36. The highest BCUT2D eigenvalue weighted by Crippen LogP contribution is 2.23. The lowest BCUT2D eigenvalue weighted by Gasteiger charge is -2.08. The van der Waals surface area contributed by atoms with Crippen molar-refractivity contribution in [2.75, 3.05) is 0 Å². The van der Waals surface area contributed by atoms with Crippen molar-refractivity contribution in [3.05, 3.63) is 47.9 Å². The topological polar surface area (TPSA) is 35.0 Å². The smallest absolute Gasteiger partial charge is 0.222 e. The van der Waals surface area contributed by atoms with Crippen molar-refractivity contribution in [1.82, 2.24) is 9.97 Å². The van der Waals surface area contributed by atoms with Crippen LogP contribution in [0, 0.1) is 6.92 Å². The average Bonchev–Trinajstić information content (AvgIpc) is 2.30. The first-order chi connectivity index (χ1) is 7.79. The SMILES string of the molecule is CCc1ccccc1Oc1cc(C)ncn1. The zero-order valence-electron chi connectivity index (χ0n) is 9.47.